The predicted molar refractivity (Wildman–Crippen MR) is 123 cm³/mol. The first-order valence-electron chi connectivity index (χ1n) is 10.5. The van der Waals surface area contributed by atoms with E-state index in [1.807, 2.05) is 32.0 Å². The lowest BCUT2D eigenvalue weighted by Crippen LogP contribution is -2.48. The normalized spacial score (nSPS) is 14.3. The van der Waals surface area contributed by atoms with E-state index in [1.165, 1.54) is 12.4 Å². The Morgan fingerprint density at radius 1 is 1.12 bits per heavy atom. The van der Waals surface area contributed by atoms with Gasteiger partial charge in [0, 0.05) is 37.3 Å². The number of nitrogens with zero attached hydrogens (tertiary/aromatic N) is 6. The first-order chi connectivity index (χ1) is 15.5. The number of carbonyl (C=O) groups is 1. The zero-order chi connectivity index (χ0) is 22.4. The Balaban J connectivity index is 1.63. The number of aromatic amines is 1. The minimum Gasteiger partial charge on any atom is -0.352 e. The molecule has 1 aliphatic heterocycles. The van der Waals surface area contributed by atoms with Crippen molar-refractivity contribution in [2.24, 2.45) is 0 Å². The highest BCUT2D eigenvalue weighted by atomic mass is 16.2. The summed E-state index contributed by atoms with van der Waals surface area (Å²) < 4.78 is 1.70. The predicted octanol–water partition coefficient (Wildman–Crippen LogP) is 2.11. The molecule has 9 nitrogen and oxygen atoms in total. The molecule has 1 aliphatic rings. The second-order valence-corrected chi connectivity index (χ2v) is 7.96. The monoisotopic (exact) mass is 429 g/mol. The van der Waals surface area contributed by atoms with E-state index in [4.69, 9.17) is 0 Å². The molecule has 1 aromatic carbocycles. The van der Waals surface area contributed by atoms with Crippen LogP contribution in [0, 0.1) is 13.8 Å². The van der Waals surface area contributed by atoms with Crippen molar-refractivity contribution in [3.05, 3.63) is 65.0 Å². The molecule has 0 saturated carbocycles. The lowest BCUT2D eigenvalue weighted by atomic mass is 10.1. The van der Waals surface area contributed by atoms with Gasteiger partial charge in [0.1, 0.15) is 17.7 Å². The molecule has 0 radical (unpaired) electrons. The molecule has 9 heteroatoms. The van der Waals surface area contributed by atoms with Crippen LogP contribution in [0.25, 0.3) is 27.5 Å². The third-order valence-electron chi connectivity index (χ3n) is 6.06. The Morgan fingerprint density at radius 3 is 2.66 bits per heavy atom. The van der Waals surface area contributed by atoms with Crippen molar-refractivity contribution < 1.29 is 4.79 Å². The Labute approximate surface area is 184 Å². The molecule has 1 fully saturated rings. The van der Waals surface area contributed by atoms with Crippen LogP contribution in [0.4, 0.5) is 5.82 Å². The summed E-state index contributed by atoms with van der Waals surface area (Å²) in [6.07, 6.45) is 4.51. The second-order valence-electron chi connectivity index (χ2n) is 7.96. The fourth-order valence-electron chi connectivity index (χ4n) is 4.44. The fraction of sp³-hybridized carbons (Fsp3) is 0.261. The van der Waals surface area contributed by atoms with Gasteiger partial charge in [-0.2, -0.15) is 5.10 Å². The lowest BCUT2D eigenvalue weighted by Gasteiger charge is -2.35. The average molecular weight is 429 g/mol. The number of fused-ring (bicyclic) bond motifs is 2. The van der Waals surface area contributed by atoms with Crippen LogP contribution >= 0.6 is 0 Å². The Kier molecular flexibility index (Phi) is 4.73. The maximum Gasteiger partial charge on any atom is 0.282 e. The molecule has 0 spiro atoms. The van der Waals surface area contributed by atoms with E-state index in [0.717, 1.165) is 27.8 Å². The third-order valence-corrected chi connectivity index (χ3v) is 6.06. The van der Waals surface area contributed by atoms with Gasteiger partial charge in [0.05, 0.1) is 22.8 Å². The third kappa shape index (κ3) is 3.05. The van der Waals surface area contributed by atoms with Crippen LogP contribution in [0.1, 0.15) is 11.3 Å². The maximum absolute atomic E-state index is 13.6. The number of carbonyl (C=O) groups excluding carboxylic acids is 1. The highest BCUT2D eigenvalue weighted by molar-refractivity contribution is 5.92. The van der Waals surface area contributed by atoms with Crippen molar-refractivity contribution in [3.8, 4) is 5.69 Å². The van der Waals surface area contributed by atoms with Crippen molar-refractivity contribution in [3.63, 3.8) is 0 Å². The van der Waals surface area contributed by atoms with Crippen molar-refractivity contribution >= 4 is 33.5 Å². The van der Waals surface area contributed by atoms with Gasteiger partial charge >= 0.3 is 0 Å². The summed E-state index contributed by atoms with van der Waals surface area (Å²) in [6, 6.07) is 5.90. The van der Waals surface area contributed by atoms with E-state index in [2.05, 4.69) is 31.6 Å². The smallest absolute Gasteiger partial charge is 0.282 e. The van der Waals surface area contributed by atoms with Crippen LogP contribution in [0.5, 0.6) is 0 Å². The lowest BCUT2D eigenvalue weighted by molar-refractivity contribution is -0.126. The van der Waals surface area contributed by atoms with Crippen molar-refractivity contribution in [1.29, 1.82) is 0 Å². The molecular weight excluding hydrogens is 406 g/mol. The number of pyridine rings is 1. The van der Waals surface area contributed by atoms with Gasteiger partial charge in [0.15, 0.2) is 0 Å². The molecule has 0 unspecified atom stereocenters. The SMILES string of the molecule is C=CC(=O)N1CCN(c2ncnc3c(=O)n(-c4c(C)ccc5[nH]ncc45)c(C)cc23)CC1. The summed E-state index contributed by atoms with van der Waals surface area (Å²) in [6.45, 7) is 9.86. The Morgan fingerprint density at radius 2 is 1.91 bits per heavy atom. The molecule has 0 atom stereocenters. The van der Waals surface area contributed by atoms with E-state index in [0.29, 0.717) is 42.9 Å². The second kappa shape index (κ2) is 7.60. The highest BCUT2D eigenvalue weighted by Crippen LogP contribution is 2.28. The molecule has 0 aliphatic carbocycles. The molecule has 1 N–H and O–H groups in total. The molecule has 0 bridgehead atoms. The largest absolute Gasteiger partial charge is 0.352 e. The van der Waals surface area contributed by atoms with Crippen LogP contribution in [0.3, 0.4) is 0 Å². The van der Waals surface area contributed by atoms with Crippen LogP contribution in [0.2, 0.25) is 0 Å². The minimum absolute atomic E-state index is 0.0697. The van der Waals surface area contributed by atoms with Crippen LogP contribution in [-0.2, 0) is 4.79 Å². The van der Waals surface area contributed by atoms with Crippen molar-refractivity contribution in [1.82, 2.24) is 29.6 Å². The number of hydrogen-bond acceptors (Lipinski definition) is 6. The summed E-state index contributed by atoms with van der Waals surface area (Å²) in [7, 11) is 0. The number of anilines is 1. The van der Waals surface area contributed by atoms with Gasteiger partial charge in [0.2, 0.25) is 5.91 Å². The van der Waals surface area contributed by atoms with E-state index < -0.39 is 0 Å². The number of benzene rings is 1. The number of hydrogen-bond donors (Lipinski definition) is 1. The number of H-pyrrole nitrogens is 1. The van der Waals surface area contributed by atoms with Gasteiger partial charge in [-0.3, -0.25) is 19.3 Å². The van der Waals surface area contributed by atoms with Gasteiger partial charge in [0.25, 0.3) is 5.56 Å². The van der Waals surface area contributed by atoms with Crippen LogP contribution in [-0.4, -0.2) is 61.7 Å². The van der Waals surface area contributed by atoms with E-state index >= 15 is 0 Å². The van der Waals surface area contributed by atoms with Gasteiger partial charge in [-0.05, 0) is 37.6 Å². The van der Waals surface area contributed by atoms with E-state index in [-0.39, 0.29) is 11.5 Å². The number of aromatic nitrogens is 5. The van der Waals surface area contributed by atoms with Gasteiger partial charge in [-0.1, -0.05) is 12.6 Å². The number of nitrogens with one attached hydrogen (secondary N) is 1. The van der Waals surface area contributed by atoms with Crippen molar-refractivity contribution in [2.45, 2.75) is 13.8 Å². The summed E-state index contributed by atoms with van der Waals surface area (Å²) in [5.74, 6) is 0.644. The number of aryl methyl sites for hydroxylation is 2. The number of rotatable bonds is 3. The quantitative estimate of drug-likeness (QED) is 0.501. The molecule has 4 aromatic rings. The summed E-state index contributed by atoms with van der Waals surface area (Å²) in [5, 5.41) is 8.71. The average Bonchev–Trinajstić information content (AvgIpc) is 3.28. The summed E-state index contributed by atoms with van der Waals surface area (Å²) in [5.41, 5.74) is 3.60. The standard InChI is InChI=1S/C23H23N7O2/c1-4-19(31)28-7-9-29(10-8-28)22-16-11-15(3)30(23(32)20(16)24-13-25-22)21-14(2)5-6-18-17(21)12-26-27-18/h4-6,11-13H,1,7-10H2,2-3H3,(H,26,27). The van der Waals surface area contributed by atoms with Crippen molar-refractivity contribution in [2.75, 3.05) is 31.1 Å². The first-order valence-corrected chi connectivity index (χ1v) is 10.5. The van der Waals surface area contributed by atoms with Gasteiger partial charge in [-0.15, -0.1) is 0 Å². The molecule has 162 valence electrons. The highest BCUT2D eigenvalue weighted by Gasteiger charge is 2.23. The zero-order valence-corrected chi connectivity index (χ0v) is 18.0. The summed E-state index contributed by atoms with van der Waals surface area (Å²) in [4.78, 5) is 38.2. The summed E-state index contributed by atoms with van der Waals surface area (Å²) >= 11 is 0. The minimum atomic E-state index is -0.194. The van der Waals surface area contributed by atoms with Crippen LogP contribution < -0.4 is 10.5 Å². The van der Waals surface area contributed by atoms with Crippen LogP contribution in [0.15, 0.2) is 48.2 Å². The maximum atomic E-state index is 13.6. The number of amides is 1. The molecule has 4 heterocycles. The zero-order valence-electron chi connectivity index (χ0n) is 18.0. The Hall–Kier alpha value is -4.01. The van der Waals surface area contributed by atoms with Gasteiger partial charge < -0.3 is 9.80 Å². The molecule has 1 saturated heterocycles. The molecule has 5 rings (SSSR count). The number of piperazine rings is 1. The molecule has 32 heavy (non-hydrogen) atoms. The molecule has 1 amide bonds. The first kappa shape index (κ1) is 19.9. The Bertz CT molecular complexity index is 1430. The molecule has 3 aromatic heterocycles. The topological polar surface area (TPSA) is 100 Å². The van der Waals surface area contributed by atoms with Gasteiger partial charge in [-0.25, -0.2) is 9.97 Å². The molecular formula is C23H23N7O2. The van der Waals surface area contributed by atoms with E-state index in [9.17, 15) is 9.59 Å². The van der Waals surface area contributed by atoms with E-state index in [1.54, 1.807) is 15.7 Å². The fourth-order valence-corrected chi connectivity index (χ4v) is 4.44.